The van der Waals surface area contributed by atoms with E-state index in [1.165, 1.54) is 11.3 Å². The number of aromatic nitrogens is 1. The third-order valence-electron chi connectivity index (χ3n) is 2.36. The molecule has 20 heavy (non-hydrogen) atoms. The molecule has 0 unspecified atom stereocenters. The largest absolute Gasteiger partial charge is 0.466 e. The first kappa shape index (κ1) is 16.9. The number of hydrogen-bond acceptors (Lipinski definition) is 7. The van der Waals surface area contributed by atoms with Crippen LogP contribution in [0.15, 0.2) is 5.38 Å². The third kappa shape index (κ3) is 7.42. The predicted molar refractivity (Wildman–Crippen MR) is 78.3 cm³/mol. The van der Waals surface area contributed by atoms with Crippen LogP contribution >= 0.6 is 11.3 Å². The smallest absolute Gasteiger partial charge is 0.311 e. The van der Waals surface area contributed by atoms with Gasteiger partial charge in [0.15, 0.2) is 5.13 Å². The first-order chi connectivity index (χ1) is 9.76. The fourth-order valence-corrected chi connectivity index (χ4v) is 2.18. The minimum absolute atomic E-state index is 0.228. The lowest BCUT2D eigenvalue weighted by Gasteiger charge is -2.04. The lowest BCUT2D eigenvalue weighted by molar-refractivity contribution is -0.142. The number of anilines is 1. The van der Waals surface area contributed by atoms with Crippen molar-refractivity contribution in [3.8, 4) is 0 Å². The average molecular weight is 302 g/mol. The van der Waals surface area contributed by atoms with Crippen LogP contribution in [0.3, 0.4) is 0 Å². The summed E-state index contributed by atoms with van der Waals surface area (Å²) >= 11 is 1.49. The number of thiazole rings is 1. The Hall–Kier alpha value is -1.18. The summed E-state index contributed by atoms with van der Waals surface area (Å²) in [6, 6.07) is 0. The molecule has 0 aliphatic rings. The number of carbonyl (C=O) groups excluding carboxylic acids is 1. The summed E-state index contributed by atoms with van der Waals surface area (Å²) < 4.78 is 15.1. The van der Waals surface area contributed by atoms with Crippen LogP contribution < -0.4 is 5.32 Å². The molecule has 1 heterocycles. The van der Waals surface area contributed by atoms with Crippen LogP contribution in [0.25, 0.3) is 0 Å². The molecule has 0 saturated heterocycles. The Morgan fingerprint density at radius 3 is 3.00 bits per heavy atom. The molecular formula is C13H22N2O4S. The van der Waals surface area contributed by atoms with Crippen LogP contribution in [-0.4, -0.2) is 51.0 Å². The maximum atomic E-state index is 11.3. The highest BCUT2D eigenvalue weighted by Gasteiger charge is 2.07. The molecule has 0 atom stereocenters. The Morgan fingerprint density at radius 1 is 1.40 bits per heavy atom. The standard InChI is InChI=1S/C13H22N2O4S/c1-3-19-12(16)9-11-10-20-13(15-11)14-5-4-6-18-8-7-17-2/h10H,3-9H2,1-2H3,(H,14,15). The summed E-state index contributed by atoms with van der Waals surface area (Å²) in [7, 11) is 1.65. The highest BCUT2D eigenvalue weighted by molar-refractivity contribution is 7.13. The number of nitrogens with zero attached hydrogens (tertiary/aromatic N) is 1. The maximum Gasteiger partial charge on any atom is 0.311 e. The molecule has 1 aromatic heterocycles. The number of hydrogen-bond donors (Lipinski definition) is 1. The summed E-state index contributed by atoms with van der Waals surface area (Å²) in [5.74, 6) is -0.240. The molecule has 0 fully saturated rings. The summed E-state index contributed by atoms with van der Waals surface area (Å²) in [6.45, 7) is 4.92. The molecule has 6 nitrogen and oxygen atoms in total. The van der Waals surface area contributed by atoms with E-state index in [9.17, 15) is 4.79 Å². The van der Waals surface area contributed by atoms with E-state index in [0.29, 0.717) is 26.4 Å². The summed E-state index contributed by atoms with van der Waals surface area (Å²) in [5, 5.41) is 5.90. The normalized spacial score (nSPS) is 10.5. The number of carbonyl (C=O) groups is 1. The molecule has 0 saturated carbocycles. The lowest BCUT2D eigenvalue weighted by atomic mass is 10.3. The molecule has 7 heteroatoms. The van der Waals surface area contributed by atoms with Gasteiger partial charge in [-0.05, 0) is 13.3 Å². The van der Waals surface area contributed by atoms with E-state index >= 15 is 0 Å². The second-order valence-corrected chi connectivity index (χ2v) is 4.87. The molecule has 1 rings (SSSR count). The van der Waals surface area contributed by atoms with Gasteiger partial charge in [0.05, 0.1) is 31.9 Å². The van der Waals surface area contributed by atoms with Crippen molar-refractivity contribution in [2.45, 2.75) is 19.8 Å². The van der Waals surface area contributed by atoms with Crippen molar-refractivity contribution < 1.29 is 19.0 Å². The van der Waals surface area contributed by atoms with E-state index in [0.717, 1.165) is 23.8 Å². The molecule has 0 spiro atoms. The van der Waals surface area contributed by atoms with Gasteiger partial charge in [0, 0.05) is 25.6 Å². The monoisotopic (exact) mass is 302 g/mol. The van der Waals surface area contributed by atoms with E-state index < -0.39 is 0 Å². The van der Waals surface area contributed by atoms with Gasteiger partial charge in [-0.1, -0.05) is 0 Å². The molecule has 1 N–H and O–H groups in total. The van der Waals surface area contributed by atoms with Gasteiger partial charge in [0.25, 0.3) is 0 Å². The van der Waals surface area contributed by atoms with Crippen molar-refractivity contribution in [3.63, 3.8) is 0 Å². The van der Waals surface area contributed by atoms with E-state index in [-0.39, 0.29) is 12.4 Å². The van der Waals surface area contributed by atoms with Crippen LogP contribution in [0.2, 0.25) is 0 Å². The van der Waals surface area contributed by atoms with Crippen LogP contribution in [0.1, 0.15) is 19.0 Å². The minimum Gasteiger partial charge on any atom is -0.466 e. The van der Waals surface area contributed by atoms with E-state index in [1.54, 1.807) is 14.0 Å². The van der Waals surface area contributed by atoms with Gasteiger partial charge in [-0.3, -0.25) is 4.79 Å². The first-order valence-corrected chi connectivity index (χ1v) is 7.54. The Labute approximate surface area is 123 Å². The van der Waals surface area contributed by atoms with Crippen LogP contribution in [0.5, 0.6) is 0 Å². The molecular weight excluding hydrogens is 280 g/mol. The zero-order chi connectivity index (χ0) is 14.6. The Morgan fingerprint density at radius 2 is 2.25 bits per heavy atom. The van der Waals surface area contributed by atoms with Gasteiger partial charge in [-0.2, -0.15) is 0 Å². The SMILES string of the molecule is CCOC(=O)Cc1csc(NCCCOCCOC)n1. The summed E-state index contributed by atoms with van der Waals surface area (Å²) in [6.07, 6.45) is 1.13. The molecule has 0 bridgehead atoms. The molecule has 0 aromatic carbocycles. The highest BCUT2D eigenvalue weighted by Crippen LogP contribution is 2.15. The summed E-state index contributed by atoms with van der Waals surface area (Å²) in [5.41, 5.74) is 0.743. The number of methoxy groups -OCH3 is 1. The van der Waals surface area contributed by atoms with Crippen molar-refractivity contribution in [1.29, 1.82) is 0 Å². The summed E-state index contributed by atoms with van der Waals surface area (Å²) in [4.78, 5) is 15.6. The fraction of sp³-hybridized carbons (Fsp3) is 0.692. The second kappa shape index (κ2) is 10.6. The average Bonchev–Trinajstić information content (AvgIpc) is 2.85. The van der Waals surface area contributed by atoms with Crippen molar-refractivity contribution in [2.75, 3.05) is 45.4 Å². The van der Waals surface area contributed by atoms with Crippen LogP contribution in [0, 0.1) is 0 Å². The van der Waals surface area contributed by atoms with Gasteiger partial charge < -0.3 is 19.5 Å². The number of esters is 1. The fourth-order valence-electron chi connectivity index (χ4n) is 1.44. The van der Waals surface area contributed by atoms with Crippen molar-refractivity contribution in [1.82, 2.24) is 4.98 Å². The van der Waals surface area contributed by atoms with Crippen LogP contribution in [0.4, 0.5) is 5.13 Å². The van der Waals surface area contributed by atoms with Gasteiger partial charge in [-0.15, -0.1) is 11.3 Å². The minimum atomic E-state index is -0.240. The Balaban J connectivity index is 2.12. The van der Waals surface area contributed by atoms with Crippen molar-refractivity contribution in [3.05, 3.63) is 11.1 Å². The molecule has 0 aliphatic heterocycles. The Bertz CT molecular complexity index is 384. The zero-order valence-corrected chi connectivity index (χ0v) is 12.8. The van der Waals surface area contributed by atoms with E-state index in [1.807, 2.05) is 5.38 Å². The molecule has 1 aromatic rings. The first-order valence-electron chi connectivity index (χ1n) is 6.66. The van der Waals surface area contributed by atoms with Crippen molar-refractivity contribution >= 4 is 22.4 Å². The van der Waals surface area contributed by atoms with Gasteiger partial charge in [0.2, 0.25) is 0 Å². The number of rotatable bonds is 11. The molecule has 114 valence electrons. The topological polar surface area (TPSA) is 69.7 Å². The van der Waals surface area contributed by atoms with Crippen molar-refractivity contribution in [2.24, 2.45) is 0 Å². The van der Waals surface area contributed by atoms with Gasteiger partial charge in [0.1, 0.15) is 0 Å². The lowest BCUT2D eigenvalue weighted by Crippen LogP contribution is -2.09. The molecule has 0 radical (unpaired) electrons. The Kier molecular flexibility index (Phi) is 8.93. The zero-order valence-electron chi connectivity index (χ0n) is 12.0. The van der Waals surface area contributed by atoms with E-state index in [2.05, 4.69) is 10.3 Å². The van der Waals surface area contributed by atoms with Gasteiger partial charge in [-0.25, -0.2) is 4.98 Å². The molecule has 0 aliphatic carbocycles. The molecule has 0 amide bonds. The van der Waals surface area contributed by atoms with E-state index in [4.69, 9.17) is 14.2 Å². The number of ether oxygens (including phenoxy) is 3. The maximum absolute atomic E-state index is 11.3. The quantitative estimate of drug-likeness (QED) is 0.496. The second-order valence-electron chi connectivity index (χ2n) is 4.01. The van der Waals surface area contributed by atoms with Crippen LogP contribution in [-0.2, 0) is 25.4 Å². The predicted octanol–water partition coefficient (Wildman–Crippen LogP) is 1.71. The van der Waals surface area contributed by atoms with Gasteiger partial charge >= 0.3 is 5.97 Å². The highest BCUT2D eigenvalue weighted by atomic mass is 32.1. The number of nitrogens with one attached hydrogen (secondary N) is 1. The third-order valence-corrected chi connectivity index (χ3v) is 3.20.